The van der Waals surface area contributed by atoms with Crippen LogP contribution in [-0.4, -0.2) is 31.5 Å². The van der Waals surface area contributed by atoms with Gasteiger partial charge >= 0.3 is 0 Å². The molecule has 25 heavy (non-hydrogen) atoms. The maximum Gasteiger partial charge on any atom is 0.262 e. The first-order chi connectivity index (χ1) is 12.1. The SMILES string of the molecule is CCc1ccc(OCC(=O)Nc2ccccc2C(=O)NCCN)cc1. The molecule has 0 aliphatic rings. The molecule has 0 heterocycles. The van der Waals surface area contributed by atoms with Crippen molar-refractivity contribution in [2.75, 3.05) is 25.0 Å². The van der Waals surface area contributed by atoms with Gasteiger partial charge in [0.15, 0.2) is 6.61 Å². The fourth-order valence-electron chi connectivity index (χ4n) is 2.23. The average molecular weight is 341 g/mol. The Labute approximate surface area is 147 Å². The van der Waals surface area contributed by atoms with E-state index in [2.05, 4.69) is 17.6 Å². The standard InChI is InChI=1S/C19H23N3O3/c1-2-14-7-9-15(10-8-14)25-13-18(23)22-17-6-4-3-5-16(17)19(24)21-12-11-20/h3-10H,2,11-13,20H2,1H3,(H,21,24)(H,22,23). The normalized spacial score (nSPS) is 10.2. The Morgan fingerprint density at radius 2 is 1.80 bits per heavy atom. The van der Waals surface area contributed by atoms with Gasteiger partial charge in [-0.2, -0.15) is 0 Å². The summed E-state index contributed by atoms with van der Waals surface area (Å²) in [5.41, 5.74) is 7.41. The lowest BCUT2D eigenvalue weighted by atomic mass is 10.1. The highest BCUT2D eigenvalue weighted by Gasteiger charge is 2.12. The molecule has 6 heteroatoms. The van der Waals surface area contributed by atoms with Gasteiger partial charge in [0, 0.05) is 13.1 Å². The van der Waals surface area contributed by atoms with Gasteiger partial charge in [0.25, 0.3) is 11.8 Å². The van der Waals surface area contributed by atoms with Crippen LogP contribution < -0.4 is 21.1 Å². The van der Waals surface area contributed by atoms with E-state index in [4.69, 9.17) is 10.5 Å². The van der Waals surface area contributed by atoms with E-state index in [1.54, 1.807) is 24.3 Å². The number of benzene rings is 2. The molecule has 0 bridgehead atoms. The summed E-state index contributed by atoms with van der Waals surface area (Å²) >= 11 is 0. The second-order valence-corrected chi connectivity index (χ2v) is 5.42. The lowest BCUT2D eigenvalue weighted by Crippen LogP contribution is -2.30. The Kier molecular flexibility index (Phi) is 6.98. The summed E-state index contributed by atoms with van der Waals surface area (Å²) in [6.07, 6.45) is 0.948. The van der Waals surface area contributed by atoms with Crippen LogP contribution in [0.25, 0.3) is 0 Å². The molecular formula is C19H23N3O3. The number of carbonyl (C=O) groups is 2. The van der Waals surface area contributed by atoms with Gasteiger partial charge in [0.2, 0.25) is 0 Å². The van der Waals surface area contributed by atoms with Crippen LogP contribution in [-0.2, 0) is 11.2 Å². The largest absolute Gasteiger partial charge is 0.484 e. The molecule has 2 rings (SSSR count). The minimum atomic E-state index is -0.335. The Bertz CT molecular complexity index is 714. The van der Waals surface area contributed by atoms with Crippen molar-refractivity contribution < 1.29 is 14.3 Å². The maximum atomic E-state index is 12.1. The number of amides is 2. The first kappa shape index (κ1) is 18.5. The quantitative estimate of drug-likeness (QED) is 0.684. The van der Waals surface area contributed by atoms with Crippen LogP contribution in [0.15, 0.2) is 48.5 Å². The van der Waals surface area contributed by atoms with Gasteiger partial charge in [0.05, 0.1) is 11.3 Å². The summed E-state index contributed by atoms with van der Waals surface area (Å²) in [6.45, 7) is 2.66. The van der Waals surface area contributed by atoms with Crippen LogP contribution in [0.5, 0.6) is 5.75 Å². The van der Waals surface area contributed by atoms with Crippen molar-refractivity contribution >= 4 is 17.5 Å². The molecule has 0 aromatic heterocycles. The lowest BCUT2D eigenvalue weighted by Gasteiger charge is -2.12. The number of rotatable bonds is 8. The molecule has 0 aliphatic heterocycles. The molecule has 0 saturated heterocycles. The summed E-state index contributed by atoms with van der Waals surface area (Å²) in [6, 6.07) is 14.4. The first-order valence-corrected chi connectivity index (χ1v) is 8.23. The number of hydrogen-bond donors (Lipinski definition) is 3. The number of para-hydroxylation sites is 1. The predicted octanol–water partition coefficient (Wildman–Crippen LogP) is 1.95. The predicted molar refractivity (Wildman–Crippen MR) is 97.8 cm³/mol. The zero-order valence-corrected chi connectivity index (χ0v) is 14.2. The topological polar surface area (TPSA) is 93.4 Å². The fourth-order valence-corrected chi connectivity index (χ4v) is 2.23. The summed E-state index contributed by atoms with van der Waals surface area (Å²) in [5.74, 6) is 0.0115. The third kappa shape index (κ3) is 5.61. The van der Waals surface area contributed by atoms with Gasteiger partial charge in [-0.15, -0.1) is 0 Å². The highest BCUT2D eigenvalue weighted by Crippen LogP contribution is 2.16. The Morgan fingerprint density at radius 3 is 2.48 bits per heavy atom. The molecule has 0 radical (unpaired) electrons. The van der Waals surface area contributed by atoms with Gasteiger partial charge in [-0.1, -0.05) is 31.2 Å². The van der Waals surface area contributed by atoms with Gasteiger partial charge in [-0.3, -0.25) is 9.59 Å². The highest BCUT2D eigenvalue weighted by atomic mass is 16.5. The van der Waals surface area contributed by atoms with Crippen molar-refractivity contribution in [3.05, 3.63) is 59.7 Å². The Balaban J connectivity index is 1.94. The third-order valence-electron chi connectivity index (χ3n) is 3.58. The maximum absolute atomic E-state index is 12.1. The van der Waals surface area contributed by atoms with Crippen LogP contribution in [0.2, 0.25) is 0 Å². The van der Waals surface area contributed by atoms with Crippen LogP contribution in [0, 0.1) is 0 Å². The molecule has 6 nitrogen and oxygen atoms in total. The highest BCUT2D eigenvalue weighted by molar-refractivity contribution is 6.04. The average Bonchev–Trinajstić information content (AvgIpc) is 2.65. The molecule has 2 aromatic rings. The molecule has 0 atom stereocenters. The summed E-state index contributed by atoms with van der Waals surface area (Å²) in [4.78, 5) is 24.2. The molecule has 0 fully saturated rings. The second kappa shape index (κ2) is 9.44. The fraction of sp³-hybridized carbons (Fsp3) is 0.263. The summed E-state index contributed by atoms with van der Waals surface area (Å²) < 4.78 is 5.48. The number of hydrogen-bond acceptors (Lipinski definition) is 4. The monoisotopic (exact) mass is 341 g/mol. The van der Waals surface area contributed by atoms with Crippen LogP contribution in [0.3, 0.4) is 0 Å². The van der Waals surface area contributed by atoms with E-state index in [-0.39, 0.29) is 18.4 Å². The minimum Gasteiger partial charge on any atom is -0.484 e. The summed E-state index contributed by atoms with van der Waals surface area (Å²) in [7, 11) is 0. The lowest BCUT2D eigenvalue weighted by molar-refractivity contribution is -0.118. The molecule has 0 unspecified atom stereocenters. The van der Waals surface area contributed by atoms with Crippen molar-refractivity contribution in [3.8, 4) is 5.75 Å². The molecule has 2 aromatic carbocycles. The van der Waals surface area contributed by atoms with Gasteiger partial charge in [-0.25, -0.2) is 0 Å². The van der Waals surface area contributed by atoms with E-state index in [0.717, 1.165) is 6.42 Å². The molecule has 0 spiro atoms. The molecule has 0 aliphatic carbocycles. The number of ether oxygens (including phenoxy) is 1. The zero-order chi connectivity index (χ0) is 18.1. The van der Waals surface area contributed by atoms with E-state index in [1.807, 2.05) is 24.3 Å². The third-order valence-corrected chi connectivity index (χ3v) is 3.58. The molecule has 4 N–H and O–H groups in total. The van der Waals surface area contributed by atoms with E-state index in [9.17, 15) is 9.59 Å². The number of nitrogens with one attached hydrogen (secondary N) is 2. The molecule has 132 valence electrons. The Morgan fingerprint density at radius 1 is 1.08 bits per heavy atom. The van der Waals surface area contributed by atoms with Crippen LogP contribution >= 0.6 is 0 Å². The molecule has 2 amide bonds. The van der Waals surface area contributed by atoms with Gasteiger partial charge in [-0.05, 0) is 36.2 Å². The Hall–Kier alpha value is -2.86. The number of aryl methyl sites for hydroxylation is 1. The second-order valence-electron chi connectivity index (χ2n) is 5.42. The van der Waals surface area contributed by atoms with Gasteiger partial charge in [0.1, 0.15) is 5.75 Å². The summed E-state index contributed by atoms with van der Waals surface area (Å²) in [5, 5.41) is 5.39. The number of nitrogens with two attached hydrogens (primary N) is 1. The zero-order valence-electron chi connectivity index (χ0n) is 14.2. The van der Waals surface area contributed by atoms with Crippen LogP contribution in [0.1, 0.15) is 22.8 Å². The number of anilines is 1. The molecule has 0 saturated carbocycles. The van der Waals surface area contributed by atoms with Crippen LogP contribution in [0.4, 0.5) is 5.69 Å². The van der Waals surface area contributed by atoms with Crippen molar-refractivity contribution in [1.29, 1.82) is 0 Å². The van der Waals surface area contributed by atoms with Crippen molar-refractivity contribution in [1.82, 2.24) is 5.32 Å². The van der Waals surface area contributed by atoms with Crippen molar-refractivity contribution in [2.45, 2.75) is 13.3 Å². The van der Waals surface area contributed by atoms with E-state index < -0.39 is 0 Å². The van der Waals surface area contributed by atoms with E-state index in [0.29, 0.717) is 30.1 Å². The minimum absolute atomic E-state index is 0.135. The van der Waals surface area contributed by atoms with E-state index in [1.165, 1.54) is 5.56 Å². The van der Waals surface area contributed by atoms with E-state index >= 15 is 0 Å². The molecular weight excluding hydrogens is 318 g/mol. The first-order valence-electron chi connectivity index (χ1n) is 8.23. The van der Waals surface area contributed by atoms with Gasteiger partial charge < -0.3 is 21.1 Å². The smallest absolute Gasteiger partial charge is 0.262 e. The number of carbonyl (C=O) groups excluding carboxylic acids is 2. The van der Waals surface area contributed by atoms with Crippen molar-refractivity contribution in [3.63, 3.8) is 0 Å². The van der Waals surface area contributed by atoms with Crippen molar-refractivity contribution in [2.24, 2.45) is 5.73 Å².